The SMILES string of the molecule is C[C@@H](N)C(=O)NCC(=O)N[C@@H](Cc1ccc(O)cc1)C(=O)O. The molecule has 0 bridgehead atoms. The predicted molar refractivity (Wildman–Crippen MR) is 78.0 cm³/mol. The Kier molecular flexibility index (Phi) is 6.33. The summed E-state index contributed by atoms with van der Waals surface area (Å²) >= 11 is 0. The second kappa shape index (κ2) is 7.99. The largest absolute Gasteiger partial charge is 0.508 e. The first-order chi connectivity index (χ1) is 10.3. The fourth-order valence-corrected chi connectivity index (χ4v) is 1.64. The van der Waals surface area contributed by atoms with Gasteiger partial charge in [-0.15, -0.1) is 0 Å². The van der Waals surface area contributed by atoms with E-state index >= 15 is 0 Å². The van der Waals surface area contributed by atoms with E-state index in [0.717, 1.165) is 0 Å². The number of aliphatic carboxylic acids is 1. The molecule has 1 aromatic carbocycles. The second-order valence-corrected chi connectivity index (χ2v) is 4.84. The third kappa shape index (κ3) is 5.80. The molecule has 0 unspecified atom stereocenters. The summed E-state index contributed by atoms with van der Waals surface area (Å²) in [5.74, 6) is -2.25. The Morgan fingerprint density at radius 3 is 2.32 bits per heavy atom. The zero-order valence-electron chi connectivity index (χ0n) is 12.1. The van der Waals surface area contributed by atoms with Crippen LogP contribution in [0, 0.1) is 0 Å². The molecule has 0 saturated heterocycles. The highest BCUT2D eigenvalue weighted by atomic mass is 16.4. The minimum absolute atomic E-state index is 0.0581. The number of carbonyl (C=O) groups is 3. The van der Waals surface area contributed by atoms with Gasteiger partial charge in [-0.2, -0.15) is 0 Å². The van der Waals surface area contributed by atoms with E-state index in [1.54, 1.807) is 12.1 Å². The Hall–Kier alpha value is -2.61. The highest BCUT2D eigenvalue weighted by Gasteiger charge is 2.20. The van der Waals surface area contributed by atoms with Gasteiger partial charge in [0.05, 0.1) is 12.6 Å². The fraction of sp³-hybridized carbons (Fsp3) is 0.357. The first-order valence-electron chi connectivity index (χ1n) is 6.63. The Morgan fingerprint density at radius 1 is 1.23 bits per heavy atom. The summed E-state index contributed by atoms with van der Waals surface area (Å²) in [6.07, 6.45) is 0.0581. The van der Waals surface area contributed by atoms with Crippen molar-refractivity contribution in [3.8, 4) is 5.75 Å². The molecule has 2 atom stereocenters. The molecule has 0 radical (unpaired) electrons. The molecule has 0 saturated carbocycles. The molecule has 0 heterocycles. The highest BCUT2D eigenvalue weighted by Crippen LogP contribution is 2.11. The van der Waals surface area contributed by atoms with Crippen LogP contribution in [0.3, 0.4) is 0 Å². The lowest BCUT2D eigenvalue weighted by molar-refractivity contribution is -0.141. The van der Waals surface area contributed by atoms with E-state index in [4.69, 9.17) is 10.8 Å². The van der Waals surface area contributed by atoms with Gasteiger partial charge in [0.1, 0.15) is 11.8 Å². The van der Waals surface area contributed by atoms with Crippen molar-refractivity contribution in [2.75, 3.05) is 6.54 Å². The molecule has 0 spiro atoms. The lowest BCUT2D eigenvalue weighted by Gasteiger charge is -2.15. The van der Waals surface area contributed by atoms with E-state index in [1.807, 2.05) is 0 Å². The molecule has 0 aliphatic rings. The van der Waals surface area contributed by atoms with Crippen LogP contribution in [-0.2, 0) is 20.8 Å². The standard InChI is InChI=1S/C14H19N3O5/c1-8(15)13(20)16-7-12(19)17-11(14(21)22)6-9-2-4-10(18)5-3-9/h2-5,8,11,18H,6-7,15H2,1H3,(H,16,20)(H,17,19)(H,21,22)/t8-,11+/m1/s1. The normalized spacial score (nSPS) is 13.0. The van der Waals surface area contributed by atoms with Gasteiger partial charge in [0, 0.05) is 6.42 Å². The third-order valence-corrected chi connectivity index (χ3v) is 2.85. The molecular formula is C14H19N3O5. The number of phenolic OH excluding ortho intramolecular Hbond substituents is 1. The fourth-order valence-electron chi connectivity index (χ4n) is 1.64. The number of hydrogen-bond acceptors (Lipinski definition) is 5. The van der Waals surface area contributed by atoms with Crippen molar-refractivity contribution >= 4 is 17.8 Å². The van der Waals surface area contributed by atoms with Gasteiger partial charge in [0.15, 0.2) is 0 Å². The zero-order valence-corrected chi connectivity index (χ0v) is 12.1. The van der Waals surface area contributed by atoms with Crippen molar-refractivity contribution in [2.45, 2.75) is 25.4 Å². The topological polar surface area (TPSA) is 142 Å². The van der Waals surface area contributed by atoms with E-state index in [2.05, 4.69) is 10.6 Å². The van der Waals surface area contributed by atoms with Gasteiger partial charge >= 0.3 is 5.97 Å². The number of nitrogens with two attached hydrogens (primary N) is 1. The molecule has 6 N–H and O–H groups in total. The van der Waals surface area contributed by atoms with Gasteiger partial charge < -0.3 is 26.6 Å². The minimum Gasteiger partial charge on any atom is -0.508 e. The van der Waals surface area contributed by atoms with Gasteiger partial charge in [-0.3, -0.25) is 9.59 Å². The molecule has 8 heteroatoms. The lowest BCUT2D eigenvalue weighted by Crippen LogP contribution is -2.48. The summed E-state index contributed by atoms with van der Waals surface area (Å²) in [6.45, 7) is 1.12. The molecular weight excluding hydrogens is 290 g/mol. The van der Waals surface area contributed by atoms with Crippen LogP contribution in [0.4, 0.5) is 0 Å². The van der Waals surface area contributed by atoms with Crippen LogP contribution in [0.1, 0.15) is 12.5 Å². The molecule has 1 aromatic rings. The van der Waals surface area contributed by atoms with E-state index in [9.17, 15) is 19.5 Å². The van der Waals surface area contributed by atoms with Crippen molar-refractivity contribution < 1.29 is 24.6 Å². The Labute approximate surface area is 127 Å². The van der Waals surface area contributed by atoms with E-state index < -0.39 is 29.9 Å². The number of rotatable bonds is 7. The average molecular weight is 309 g/mol. The predicted octanol–water partition coefficient (Wildman–Crippen LogP) is -1.03. The highest BCUT2D eigenvalue weighted by molar-refractivity contribution is 5.89. The van der Waals surface area contributed by atoms with Crippen molar-refractivity contribution in [1.29, 1.82) is 0 Å². The number of carbonyl (C=O) groups excluding carboxylic acids is 2. The van der Waals surface area contributed by atoms with Crippen LogP contribution in [0.5, 0.6) is 5.75 Å². The van der Waals surface area contributed by atoms with Gasteiger partial charge in [-0.05, 0) is 24.6 Å². The van der Waals surface area contributed by atoms with Crippen LogP contribution < -0.4 is 16.4 Å². The molecule has 0 aromatic heterocycles. The number of carboxylic acids is 1. The monoisotopic (exact) mass is 309 g/mol. The van der Waals surface area contributed by atoms with Crippen LogP contribution in [0.2, 0.25) is 0 Å². The maximum atomic E-state index is 11.7. The lowest BCUT2D eigenvalue weighted by atomic mass is 10.1. The summed E-state index contributed by atoms with van der Waals surface area (Å²) in [7, 11) is 0. The van der Waals surface area contributed by atoms with E-state index in [0.29, 0.717) is 5.56 Å². The summed E-state index contributed by atoms with van der Waals surface area (Å²) in [5.41, 5.74) is 5.97. The van der Waals surface area contributed by atoms with E-state index in [-0.39, 0.29) is 18.7 Å². The van der Waals surface area contributed by atoms with Crippen LogP contribution >= 0.6 is 0 Å². The summed E-state index contributed by atoms with van der Waals surface area (Å²) in [4.78, 5) is 34.1. The summed E-state index contributed by atoms with van der Waals surface area (Å²) in [5, 5.41) is 22.9. The Balaban J connectivity index is 2.57. The van der Waals surface area contributed by atoms with Crippen molar-refractivity contribution in [3.05, 3.63) is 29.8 Å². The molecule has 8 nitrogen and oxygen atoms in total. The number of benzene rings is 1. The average Bonchev–Trinajstić information content (AvgIpc) is 2.46. The molecule has 0 fully saturated rings. The third-order valence-electron chi connectivity index (χ3n) is 2.85. The summed E-state index contributed by atoms with van der Waals surface area (Å²) < 4.78 is 0. The Morgan fingerprint density at radius 2 is 1.82 bits per heavy atom. The second-order valence-electron chi connectivity index (χ2n) is 4.84. The van der Waals surface area contributed by atoms with Crippen molar-refractivity contribution in [2.24, 2.45) is 5.73 Å². The zero-order chi connectivity index (χ0) is 16.7. The first-order valence-corrected chi connectivity index (χ1v) is 6.63. The Bertz CT molecular complexity index is 542. The molecule has 0 aliphatic carbocycles. The van der Waals surface area contributed by atoms with Crippen LogP contribution in [0.15, 0.2) is 24.3 Å². The number of amides is 2. The molecule has 1 rings (SSSR count). The van der Waals surface area contributed by atoms with E-state index in [1.165, 1.54) is 19.1 Å². The van der Waals surface area contributed by atoms with Gasteiger partial charge in [-0.1, -0.05) is 12.1 Å². The number of phenols is 1. The van der Waals surface area contributed by atoms with Gasteiger partial charge in [0.25, 0.3) is 0 Å². The van der Waals surface area contributed by atoms with Crippen LogP contribution in [0.25, 0.3) is 0 Å². The number of aromatic hydroxyl groups is 1. The minimum atomic E-state index is -1.19. The van der Waals surface area contributed by atoms with Crippen molar-refractivity contribution in [3.63, 3.8) is 0 Å². The molecule has 22 heavy (non-hydrogen) atoms. The first kappa shape index (κ1) is 17.4. The van der Waals surface area contributed by atoms with Crippen LogP contribution in [-0.4, -0.2) is 46.6 Å². The number of carboxylic acid groups (broad SMARTS) is 1. The smallest absolute Gasteiger partial charge is 0.326 e. The maximum Gasteiger partial charge on any atom is 0.326 e. The number of nitrogens with one attached hydrogen (secondary N) is 2. The van der Waals surface area contributed by atoms with Crippen molar-refractivity contribution in [1.82, 2.24) is 10.6 Å². The van der Waals surface area contributed by atoms with Gasteiger partial charge in [0.2, 0.25) is 11.8 Å². The molecule has 120 valence electrons. The van der Waals surface area contributed by atoms with Gasteiger partial charge in [-0.25, -0.2) is 4.79 Å². The summed E-state index contributed by atoms with van der Waals surface area (Å²) in [6, 6.07) is 4.10. The molecule has 2 amide bonds. The maximum absolute atomic E-state index is 11.7. The number of hydrogen-bond donors (Lipinski definition) is 5. The molecule has 0 aliphatic heterocycles. The quantitative estimate of drug-likeness (QED) is 0.436.